The minimum atomic E-state index is -2.64. The molecular formula is C26H24F3N5O3. The Labute approximate surface area is 210 Å². The quantitative estimate of drug-likeness (QED) is 0.505. The number of anilines is 3. The van der Waals surface area contributed by atoms with Crippen molar-refractivity contribution in [3.05, 3.63) is 65.9 Å². The van der Waals surface area contributed by atoms with Crippen LogP contribution >= 0.6 is 0 Å². The van der Waals surface area contributed by atoms with Gasteiger partial charge in [0, 0.05) is 42.2 Å². The highest BCUT2D eigenvalue weighted by molar-refractivity contribution is 6.09. The van der Waals surface area contributed by atoms with Gasteiger partial charge >= 0.3 is 0 Å². The number of rotatable bonds is 5. The number of carbonyl (C=O) groups is 2. The first-order valence-corrected chi connectivity index (χ1v) is 11.8. The standard InChI is InChI=1S/C26H24F3N5O3/c1-14-23-18(3-2-9-30-23)22-19(11-20(32-25(22)29)33-10-8-17(35)12-33)34(26(14)37)13-21(36)31-16-6-4-15(5-7-16)24(27)28/h2-7,9,11,14,17,24,35H,8,10,12-13H2,1H3,(H,31,36)/t14-,17-/m1/s1. The molecule has 1 saturated heterocycles. The van der Waals surface area contributed by atoms with E-state index in [2.05, 4.69) is 15.3 Å². The number of alkyl halides is 2. The van der Waals surface area contributed by atoms with E-state index in [1.807, 2.05) is 0 Å². The average molecular weight is 512 g/mol. The van der Waals surface area contributed by atoms with E-state index in [-0.39, 0.29) is 34.9 Å². The molecule has 0 spiro atoms. The molecule has 2 atom stereocenters. The van der Waals surface area contributed by atoms with Crippen LogP contribution in [-0.4, -0.2) is 52.6 Å². The predicted molar refractivity (Wildman–Crippen MR) is 131 cm³/mol. The Morgan fingerprint density at radius 2 is 2.00 bits per heavy atom. The topological polar surface area (TPSA) is 98.7 Å². The van der Waals surface area contributed by atoms with Gasteiger partial charge in [-0.2, -0.15) is 4.39 Å². The number of nitrogens with one attached hydrogen (secondary N) is 1. The molecule has 192 valence electrons. The summed E-state index contributed by atoms with van der Waals surface area (Å²) < 4.78 is 41.3. The molecule has 0 unspecified atom stereocenters. The van der Waals surface area contributed by atoms with Crippen molar-refractivity contribution in [1.82, 2.24) is 9.97 Å². The van der Waals surface area contributed by atoms with Crippen molar-refractivity contribution >= 4 is 29.0 Å². The van der Waals surface area contributed by atoms with Gasteiger partial charge in [-0.1, -0.05) is 18.2 Å². The number of amides is 2. The monoisotopic (exact) mass is 511 g/mol. The maximum Gasteiger partial charge on any atom is 0.263 e. The number of hydrogen-bond donors (Lipinski definition) is 2. The summed E-state index contributed by atoms with van der Waals surface area (Å²) in [6, 6.07) is 9.94. The summed E-state index contributed by atoms with van der Waals surface area (Å²) in [5.74, 6) is -2.41. The lowest BCUT2D eigenvalue weighted by molar-refractivity contribution is -0.122. The van der Waals surface area contributed by atoms with Crippen LogP contribution in [0.4, 0.5) is 30.4 Å². The predicted octanol–water partition coefficient (Wildman–Crippen LogP) is 3.88. The molecule has 37 heavy (non-hydrogen) atoms. The zero-order chi connectivity index (χ0) is 26.3. The van der Waals surface area contributed by atoms with Crippen LogP contribution in [0.25, 0.3) is 11.1 Å². The lowest BCUT2D eigenvalue weighted by atomic mass is 9.98. The zero-order valence-electron chi connectivity index (χ0n) is 19.9. The summed E-state index contributed by atoms with van der Waals surface area (Å²) >= 11 is 0. The fourth-order valence-electron chi connectivity index (χ4n) is 4.73. The van der Waals surface area contributed by atoms with Crippen LogP contribution in [0, 0.1) is 5.95 Å². The van der Waals surface area contributed by atoms with Gasteiger partial charge in [-0.15, -0.1) is 0 Å². The number of aromatic nitrogens is 2. The normalized spacial score (nSPS) is 19.0. The Morgan fingerprint density at radius 1 is 1.24 bits per heavy atom. The second kappa shape index (κ2) is 9.81. The van der Waals surface area contributed by atoms with Crippen molar-refractivity contribution in [2.24, 2.45) is 0 Å². The number of carbonyl (C=O) groups excluding carboxylic acids is 2. The molecule has 1 fully saturated rings. The minimum Gasteiger partial charge on any atom is -0.391 e. The van der Waals surface area contributed by atoms with E-state index in [0.717, 1.165) is 0 Å². The van der Waals surface area contributed by atoms with E-state index in [1.165, 1.54) is 35.4 Å². The third kappa shape index (κ3) is 4.74. The average Bonchev–Trinajstić information content (AvgIpc) is 3.29. The fraction of sp³-hybridized carbons (Fsp3) is 0.308. The molecule has 2 aliphatic rings. The number of nitrogens with zero attached hydrogens (tertiary/aromatic N) is 4. The molecule has 8 nitrogen and oxygen atoms in total. The van der Waals surface area contributed by atoms with E-state index in [0.29, 0.717) is 24.2 Å². The van der Waals surface area contributed by atoms with Crippen LogP contribution < -0.4 is 15.1 Å². The van der Waals surface area contributed by atoms with Gasteiger partial charge in [-0.3, -0.25) is 14.6 Å². The van der Waals surface area contributed by atoms with Gasteiger partial charge in [0.25, 0.3) is 6.43 Å². The third-order valence-electron chi connectivity index (χ3n) is 6.62. The number of aliphatic hydroxyl groups is 1. The van der Waals surface area contributed by atoms with E-state index in [9.17, 15) is 23.5 Å². The number of halogens is 3. The number of pyridine rings is 2. The smallest absolute Gasteiger partial charge is 0.263 e. The van der Waals surface area contributed by atoms with E-state index >= 15 is 4.39 Å². The Hall–Kier alpha value is -3.99. The molecule has 5 rings (SSSR count). The molecule has 0 aliphatic carbocycles. The lowest BCUT2D eigenvalue weighted by Gasteiger charge is -2.26. The summed E-state index contributed by atoms with van der Waals surface area (Å²) in [6.45, 7) is 1.91. The van der Waals surface area contributed by atoms with Gasteiger partial charge in [0.1, 0.15) is 12.4 Å². The number of hydrogen-bond acceptors (Lipinski definition) is 6. The number of fused-ring (bicyclic) bond motifs is 3. The maximum atomic E-state index is 15.6. The SMILES string of the molecule is C[C@H]1C(=O)N(CC(=O)Nc2ccc(C(F)F)cc2)c2cc(N3CC[C@@H](O)C3)nc(F)c2-c2cccnc21. The van der Waals surface area contributed by atoms with Gasteiger partial charge in [0.05, 0.1) is 29.0 Å². The van der Waals surface area contributed by atoms with Crippen molar-refractivity contribution < 1.29 is 27.9 Å². The van der Waals surface area contributed by atoms with Gasteiger partial charge in [0.15, 0.2) is 0 Å². The Bertz CT molecular complexity index is 1350. The highest BCUT2D eigenvalue weighted by Gasteiger charge is 2.36. The van der Waals surface area contributed by atoms with Crippen LogP contribution in [0.2, 0.25) is 0 Å². The first kappa shape index (κ1) is 24.7. The van der Waals surface area contributed by atoms with Crippen LogP contribution in [0.3, 0.4) is 0 Å². The van der Waals surface area contributed by atoms with E-state index in [1.54, 1.807) is 30.0 Å². The van der Waals surface area contributed by atoms with Crippen molar-refractivity contribution in [2.75, 3.05) is 34.8 Å². The van der Waals surface area contributed by atoms with Crippen molar-refractivity contribution in [3.63, 3.8) is 0 Å². The molecule has 0 saturated carbocycles. The molecule has 2 aromatic heterocycles. The second-order valence-corrected chi connectivity index (χ2v) is 9.11. The molecule has 0 radical (unpaired) electrons. The molecule has 2 aliphatic heterocycles. The Balaban J connectivity index is 1.53. The molecule has 2 N–H and O–H groups in total. The van der Waals surface area contributed by atoms with Crippen molar-refractivity contribution in [1.29, 1.82) is 0 Å². The van der Waals surface area contributed by atoms with Crippen LogP contribution in [0.15, 0.2) is 48.7 Å². The van der Waals surface area contributed by atoms with Gasteiger partial charge in [-0.05, 0) is 31.5 Å². The van der Waals surface area contributed by atoms with Crippen LogP contribution in [0.5, 0.6) is 0 Å². The number of β-amino-alcohol motifs (C(OH)–C–C–N with tert-alkyl or cyclic N) is 1. The zero-order valence-corrected chi connectivity index (χ0v) is 19.9. The summed E-state index contributed by atoms with van der Waals surface area (Å²) in [6.07, 6.45) is -1.20. The number of aliphatic hydroxyl groups excluding tert-OH is 1. The van der Waals surface area contributed by atoms with Crippen molar-refractivity contribution in [2.45, 2.75) is 31.8 Å². The molecule has 1 aromatic carbocycles. The lowest BCUT2D eigenvalue weighted by Crippen LogP contribution is -2.40. The van der Waals surface area contributed by atoms with E-state index in [4.69, 9.17) is 0 Å². The molecule has 2 amide bonds. The first-order valence-electron chi connectivity index (χ1n) is 11.8. The van der Waals surface area contributed by atoms with Gasteiger partial charge < -0.3 is 20.2 Å². The molecule has 0 bridgehead atoms. The highest BCUT2D eigenvalue weighted by Crippen LogP contribution is 2.42. The minimum absolute atomic E-state index is 0.0541. The molecule has 3 aromatic rings. The second-order valence-electron chi connectivity index (χ2n) is 9.11. The van der Waals surface area contributed by atoms with E-state index < -0.39 is 42.8 Å². The summed E-state index contributed by atoms with van der Waals surface area (Å²) in [4.78, 5) is 38.0. The number of benzene rings is 1. The molecular weight excluding hydrogens is 487 g/mol. The summed E-state index contributed by atoms with van der Waals surface area (Å²) in [5, 5.41) is 12.6. The third-order valence-corrected chi connectivity index (χ3v) is 6.62. The highest BCUT2D eigenvalue weighted by atomic mass is 19.3. The molecule has 11 heteroatoms. The van der Waals surface area contributed by atoms with Gasteiger partial charge in [-0.25, -0.2) is 13.8 Å². The Morgan fingerprint density at radius 3 is 2.68 bits per heavy atom. The first-order chi connectivity index (χ1) is 17.7. The summed E-state index contributed by atoms with van der Waals surface area (Å²) in [5.41, 5.74) is 1.08. The Kier molecular flexibility index (Phi) is 6.55. The fourth-order valence-corrected chi connectivity index (χ4v) is 4.73. The van der Waals surface area contributed by atoms with Gasteiger partial charge in [0.2, 0.25) is 17.8 Å². The van der Waals surface area contributed by atoms with Crippen LogP contribution in [0.1, 0.15) is 36.9 Å². The molecule has 4 heterocycles. The maximum absolute atomic E-state index is 15.6. The van der Waals surface area contributed by atoms with Crippen molar-refractivity contribution in [3.8, 4) is 11.1 Å². The van der Waals surface area contributed by atoms with Crippen LogP contribution in [-0.2, 0) is 9.59 Å². The summed E-state index contributed by atoms with van der Waals surface area (Å²) in [7, 11) is 0. The largest absolute Gasteiger partial charge is 0.391 e.